The van der Waals surface area contributed by atoms with E-state index in [1.165, 1.54) is 29.5 Å². The fourth-order valence-corrected chi connectivity index (χ4v) is 5.25. The monoisotopic (exact) mass is 433 g/mol. The number of methoxy groups -OCH3 is 1. The first-order valence-corrected chi connectivity index (χ1v) is 11.7. The summed E-state index contributed by atoms with van der Waals surface area (Å²) in [5, 5.41) is 0. The average molecular weight is 434 g/mol. The zero-order chi connectivity index (χ0) is 20.8. The van der Waals surface area contributed by atoms with Crippen LogP contribution < -0.4 is 9.54 Å². The van der Waals surface area contributed by atoms with Gasteiger partial charge in [0.1, 0.15) is 5.75 Å². The minimum absolute atomic E-state index is 0.116. The number of hydrogen-bond acceptors (Lipinski definition) is 5. The van der Waals surface area contributed by atoms with Crippen molar-refractivity contribution in [2.24, 2.45) is 4.99 Å². The van der Waals surface area contributed by atoms with Crippen LogP contribution in [-0.4, -0.2) is 52.5 Å². The van der Waals surface area contributed by atoms with Crippen LogP contribution in [0.3, 0.4) is 0 Å². The lowest BCUT2D eigenvalue weighted by Gasteiger charge is -2.33. The van der Waals surface area contributed by atoms with Crippen LogP contribution in [0.2, 0.25) is 0 Å². The van der Waals surface area contributed by atoms with Crippen molar-refractivity contribution in [2.75, 3.05) is 25.2 Å². The molecule has 1 unspecified atom stereocenters. The Bertz CT molecular complexity index is 964. The Kier molecular flexibility index (Phi) is 7.55. The van der Waals surface area contributed by atoms with E-state index in [0.717, 1.165) is 35.4 Å². The summed E-state index contributed by atoms with van der Waals surface area (Å²) in [5.74, 6) is 1.17. The molecule has 0 spiro atoms. The van der Waals surface area contributed by atoms with Crippen molar-refractivity contribution in [3.63, 3.8) is 0 Å². The van der Waals surface area contributed by atoms with Gasteiger partial charge in [-0.1, -0.05) is 17.4 Å². The summed E-state index contributed by atoms with van der Waals surface area (Å²) in [6.45, 7) is 7.29. The maximum Gasteiger partial charge on any atom is 0.258 e. The lowest BCUT2D eigenvalue weighted by atomic mass is 10.0. The van der Waals surface area contributed by atoms with Crippen molar-refractivity contribution in [1.29, 1.82) is 0 Å². The van der Waals surface area contributed by atoms with Crippen molar-refractivity contribution in [2.45, 2.75) is 38.8 Å². The minimum atomic E-state index is -0.231. The minimum Gasteiger partial charge on any atom is -0.497 e. The second-order valence-electron chi connectivity index (χ2n) is 7.05. The number of hydrogen-bond donors (Lipinski definition) is 0. The van der Waals surface area contributed by atoms with Crippen LogP contribution in [0.5, 0.6) is 5.75 Å². The molecule has 29 heavy (non-hydrogen) atoms. The Labute approximate surface area is 179 Å². The van der Waals surface area contributed by atoms with Crippen molar-refractivity contribution in [3.8, 4) is 5.75 Å². The van der Waals surface area contributed by atoms with E-state index in [2.05, 4.69) is 18.5 Å². The number of amides is 2. The summed E-state index contributed by atoms with van der Waals surface area (Å²) in [5.41, 5.74) is 0.990. The summed E-state index contributed by atoms with van der Waals surface area (Å²) in [6.07, 6.45) is 5.09. The average Bonchev–Trinajstić information content (AvgIpc) is 3.04. The molecule has 1 aliphatic rings. The van der Waals surface area contributed by atoms with Crippen LogP contribution >= 0.6 is 23.1 Å². The number of likely N-dealkylation sites (tertiary alicyclic amines) is 1. The maximum absolute atomic E-state index is 12.4. The van der Waals surface area contributed by atoms with E-state index in [1.807, 2.05) is 27.7 Å². The zero-order valence-electron chi connectivity index (χ0n) is 16.9. The van der Waals surface area contributed by atoms with Crippen LogP contribution in [0, 0.1) is 0 Å². The highest BCUT2D eigenvalue weighted by Gasteiger charge is 2.22. The van der Waals surface area contributed by atoms with E-state index in [-0.39, 0.29) is 17.6 Å². The molecule has 1 aromatic carbocycles. The second kappa shape index (κ2) is 10.1. The third-order valence-corrected chi connectivity index (χ3v) is 6.94. The number of nitrogens with zero attached hydrogens (tertiary/aromatic N) is 3. The predicted molar refractivity (Wildman–Crippen MR) is 119 cm³/mol. The Balaban J connectivity index is 1.68. The number of benzene rings is 1. The van der Waals surface area contributed by atoms with Gasteiger partial charge in [0.15, 0.2) is 4.80 Å². The Morgan fingerprint density at radius 1 is 1.38 bits per heavy atom. The van der Waals surface area contributed by atoms with Gasteiger partial charge in [0.2, 0.25) is 5.91 Å². The Morgan fingerprint density at radius 2 is 2.21 bits per heavy atom. The van der Waals surface area contributed by atoms with Gasteiger partial charge in [0.25, 0.3) is 5.91 Å². The molecule has 0 saturated carbocycles. The first-order valence-electron chi connectivity index (χ1n) is 9.76. The van der Waals surface area contributed by atoms with Crippen LogP contribution in [0.15, 0.2) is 35.8 Å². The van der Waals surface area contributed by atoms with Gasteiger partial charge in [-0.3, -0.25) is 9.59 Å². The predicted octanol–water partition coefficient (Wildman–Crippen LogP) is 3.46. The molecule has 1 saturated heterocycles. The molecule has 0 radical (unpaired) electrons. The first kappa shape index (κ1) is 21.6. The van der Waals surface area contributed by atoms with Gasteiger partial charge in [0.05, 0.1) is 28.8 Å². The fraction of sp³-hybridized carbons (Fsp3) is 0.476. The highest BCUT2D eigenvalue weighted by molar-refractivity contribution is 8.00. The molecular formula is C21H27N3O3S2. The molecule has 2 amide bonds. The smallest absolute Gasteiger partial charge is 0.258 e. The highest BCUT2D eigenvalue weighted by atomic mass is 32.2. The number of thioether (sulfide) groups is 1. The topological polar surface area (TPSA) is 63.9 Å². The molecule has 1 aromatic heterocycles. The number of thiazole rings is 1. The summed E-state index contributed by atoms with van der Waals surface area (Å²) in [7, 11) is 1.63. The Hall–Kier alpha value is -2.06. The van der Waals surface area contributed by atoms with E-state index >= 15 is 0 Å². The van der Waals surface area contributed by atoms with E-state index in [1.54, 1.807) is 13.2 Å². The SMILES string of the molecule is C=CCn1c(=NC(=O)CSCC(=O)N2CCCCC2C)sc2cc(OC)ccc21. The van der Waals surface area contributed by atoms with Crippen LogP contribution in [-0.2, 0) is 16.1 Å². The van der Waals surface area contributed by atoms with E-state index in [4.69, 9.17) is 4.74 Å². The molecular weight excluding hydrogens is 406 g/mol. The number of aromatic nitrogens is 1. The van der Waals surface area contributed by atoms with E-state index < -0.39 is 0 Å². The van der Waals surface area contributed by atoms with Gasteiger partial charge in [-0.15, -0.1) is 18.3 Å². The van der Waals surface area contributed by atoms with Gasteiger partial charge in [-0.2, -0.15) is 4.99 Å². The summed E-state index contributed by atoms with van der Waals surface area (Å²) >= 11 is 2.79. The van der Waals surface area contributed by atoms with Crippen LogP contribution in [0.4, 0.5) is 0 Å². The molecule has 0 aliphatic carbocycles. The molecule has 6 nitrogen and oxygen atoms in total. The first-order chi connectivity index (χ1) is 14.0. The molecule has 1 fully saturated rings. The van der Waals surface area contributed by atoms with Crippen molar-refractivity contribution in [1.82, 2.24) is 9.47 Å². The van der Waals surface area contributed by atoms with Gasteiger partial charge >= 0.3 is 0 Å². The standard InChI is InChI=1S/C21H27N3O3S2/c1-4-10-24-17-9-8-16(27-3)12-18(17)29-21(24)22-19(25)13-28-14-20(26)23-11-6-5-7-15(23)2/h4,8-9,12,15H,1,5-7,10-11,13-14H2,2-3H3. The lowest BCUT2D eigenvalue weighted by molar-refractivity contribution is -0.131. The summed E-state index contributed by atoms with van der Waals surface area (Å²) in [4.78, 5) is 31.7. The number of carbonyl (C=O) groups excluding carboxylic acids is 2. The molecule has 1 atom stereocenters. The highest BCUT2D eigenvalue weighted by Crippen LogP contribution is 2.23. The third-order valence-electron chi connectivity index (χ3n) is 5.00. The van der Waals surface area contributed by atoms with Gasteiger partial charge in [-0.05, 0) is 44.4 Å². The molecule has 3 rings (SSSR count). The normalized spacial score (nSPS) is 17.5. The van der Waals surface area contributed by atoms with E-state index in [0.29, 0.717) is 23.1 Å². The maximum atomic E-state index is 12.4. The van der Waals surface area contributed by atoms with Gasteiger partial charge in [0, 0.05) is 19.1 Å². The van der Waals surface area contributed by atoms with Crippen molar-refractivity contribution >= 4 is 45.1 Å². The number of allylic oxidation sites excluding steroid dienone is 1. The number of fused-ring (bicyclic) bond motifs is 1. The van der Waals surface area contributed by atoms with Gasteiger partial charge < -0.3 is 14.2 Å². The van der Waals surface area contributed by atoms with Crippen LogP contribution in [0.25, 0.3) is 10.2 Å². The van der Waals surface area contributed by atoms with Gasteiger partial charge in [-0.25, -0.2) is 0 Å². The van der Waals surface area contributed by atoms with Crippen LogP contribution in [0.1, 0.15) is 26.2 Å². The number of piperidine rings is 1. The molecule has 156 valence electrons. The van der Waals surface area contributed by atoms with E-state index in [9.17, 15) is 9.59 Å². The van der Waals surface area contributed by atoms with Crippen molar-refractivity contribution < 1.29 is 14.3 Å². The third kappa shape index (κ3) is 5.30. The number of rotatable bonds is 7. The molecule has 1 aliphatic heterocycles. The van der Waals surface area contributed by atoms with Crippen molar-refractivity contribution in [3.05, 3.63) is 35.7 Å². The second-order valence-corrected chi connectivity index (χ2v) is 9.04. The quantitative estimate of drug-likeness (QED) is 0.628. The summed E-state index contributed by atoms with van der Waals surface area (Å²) in [6, 6.07) is 6.09. The molecule has 0 N–H and O–H groups in total. The fourth-order valence-electron chi connectivity index (χ4n) is 3.49. The molecule has 0 bridgehead atoms. The molecule has 8 heteroatoms. The number of carbonyl (C=O) groups is 2. The molecule has 2 heterocycles. The lowest BCUT2D eigenvalue weighted by Crippen LogP contribution is -2.43. The number of ether oxygens (including phenoxy) is 1. The summed E-state index contributed by atoms with van der Waals surface area (Å²) < 4.78 is 8.25. The molecule has 2 aromatic rings. The zero-order valence-corrected chi connectivity index (χ0v) is 18.6. The largest absolute Gasteiger partial charge is 0.497 e. The Morgan fingerprint density at radius 3 is 2.93 bits per heavy atom.